The second kappa shape index (κ2) is 15.0. The number of nitrogens with zero attached hydrogens (tertiary/aromatic N) is 3. The molecule has 0 bridgehead atoms. The van der Waals surface area contributed by atoms with Crippen LogP contribution in [0.2, 0.25) is 0 Å². The van der Waals surface area contributed by atoms with Crippen LogP contribution in [0.4, 0.5) is 24.5 Å². The highest BCUT2D eigenvalue weighted by Gasteiger charge is 2.42. The van der Waals surface area contributed by atoms with E-state index in [4.69, 9.17) is 6.42 Å². The van der Waals surface area contributed by atoms with Crippen molar-refractivity contribution in [2.75, 3.05) is 49.9 Å². The third-order valence-corrected chi connectivity index (χ3v) is 8.67. The predicted octanol–water partition coefficient (Wildman–Crippen LogP) is 3.27. The fourth-order valence-electron chi connectivity index (χ4n) is 4.94. The highest BCUT2D eigenvalue weighted by atomic mass is 32.2. The lowest BCUT2D eigenvalue weighted by molar-refractivity contribution is -0.184. The van der Waals surface area contributed by atoms with Gasteiger partial charge in [-0.05, 0) is 57.5 Å². The van der Waals surface area contributed by atoms with E-state index in [1.807, 2.05) is 19.1 Å². The number of nitrogens with one attached hydrogen (secondary N) is 3. The summed E-state index contributed by atoms with van der Waals surface area (Å²) < 4.78 is 38.6. The summed E-state index contributed by atoms with van der Waals surface area (Å²) in [6.45, 7) is 3.31. The summed E-state index contributed by atoms with van der Waals surface area (Å²) in [5.74, 6) is -0.695. The van der Waals surface area contributed by atoms with Gasteiger partial charge in [0.25, 0.3) is 0 Å². The number of halogens is 3. The number of benzene rings is 1. The molecule has 0 radical (unpaired) electrons. The molecule has 0 aliphatic carbocycles. The van der Waals surface area contributed by atoms with Crippen LogP contribution in [0.25, 0.3) is 0 Å². The molecule has 1 aromatic rings. The second-order valence-electron chi connectivity index (χ2n) is 9.98. The van der Waals surface area contributed by atoms with E-state index < -0.39 is 23.9 Å². The molecule has 3 atom stereocenters. The zero-order valence-electron chi connectivity index (χ0n) is 22.9. The molecule has 3 amide bonds. The normalized spacial score (nSPS) is 20.6. The number of piperidine rings is 1. The van der Waals surface area contributed by atoms with Crippen molar-refractivity contribution in [1.82, 2.24) is 15.1 Å². The van der Waals surface area contributed by atoms with Crippen molar-refractivity contribution in [3.05, 3.63) is 24.3 Å². The number of alkyl halides is 3. The zero-order valence-corrected chi connectivity index (χ0v) is 23.7. The van der Waals surface area contributed by atoms with E-state index in [9.17, 15) is 32.8 Å². The maximum absolute atomic E-state index is 13.0. The van der Waals surface area contributed by atoms with Gasteiger partial charge in [0.15, 0.2) is 0 Å². The van der Waals surface area contributed by atoms with Gasteiger partial charge in [-0.3, -0.25) is 19.3 Å². The largest absolute Gasteiger partial charge is 0.391 e. The van der Waals surface area contributed by atoms with Crippen LogP contribution in [0.5, 0.6) is 0 Å². The number of nitriles is 1. The molecular weight excluding hydrogens is 557 g/mol. The fraction of sp³-hybridized carbons (Fsp3) is 0.571. The van der Waals surface area contributed by atoms with Crippen molar-refractivity contribution >= 4 is 40.9 Å². The number of hydrogen-bond acceptors (Lipinski definition) is 7. The van der Waals surface area contributed by atoms with Crippen LogP contribution in [0.1, 0.15) is 32.6 Å². The number of carbonyl (C=O) groups excluding carboxylic acids is 3. The molecular formula is C28H35F3N6O3S. The Labute approximate surface area is 242 Å². The van der Waals surface area contributed by atoms with Gasteiger partial charge in [0.2, 0.25) is 17.7 Å². The van der Waals surface area contributed by atoms with Gasteiger partial charge in [-0.2, -0.15) is 18.4 Å². The van der Waals surface area contributed by atoms with Crippen LogP contribution in [-0.2, 0) is 14.4 Å². The average Bonchev–Trinajstić information content (AvgIpc) is 3.23. The molecule has 0 aromatic heterocycles. The van der Waals surface area contributed by atoms with E-state index in [1.54, 1.807) is 28.0 Å². The van der Waals surface area contributed by atoms with Gasteiger partial charge in [-0.15, -0.1) is 18.2 Å². The van der Waals surface area contributed by atoms with Crippen molar-refractivity contribution in [2.45, 2.75) is 49.4 Å². The lowest BCUT2D eigenvalue weighted by Gasteiger charge is -2.32. The number of rotatable bonds is 12. The highest BCUT2D eigenvalue weighted by molar-refractivity contribution is 8.01. The molecule has 2 aliphatic heterocycles. The van der Waals surface area contributed by atoms with E-state index >= 15 is 0 Å². The molecule has 222 valence electrons. The summed E-state index contributed by atoms with van der Waals surface area (Å²) in [6, 6.07) is 9.08. The third kappa shape index (κ3) is 9.30. The topological polar surface area (TPSA) is 118 Å². The lowest BCUT2D eigenvalue weighted by Crippen LogP contribution is -2.42. The molecule has 2 heterocycles. The lowest BCUT2D eigenvalue weighted by atomic mass is 9.96. The Morgan fingerprint density at radius 1 is 1.24 bits per heavy atom. The second-order valence-corrected chi connectivity index (χ2v) is 11.4. The number of likely N-dealkylation sites (tertiary alicyclic amines) is 1. The molecule has 2 fully saturated rings. The monoisotopic (exact) mass is 592 g/mol. The van der Waals surface area contributed by atoms with Crippen molar-refractivity contribution in [3.63, 3.8) is 0 Å². The van der Waals surface area contributed by atoms with Gasteiger partial charge in [0, 0.05) is 30.9 Å². The molecule has 3 N–H and O–H groups in total. The molecule has 0 spiro atoms. The number of amides is 3. The van der Waals surface area contributed by atoms with Gasteiger partial charge in [0.05, 0.1) is 35.7 Å². The highest BCUT2D eigenvalue weighted by Crippen LogP contribution is 2.37. The maximum Gasteiger partial charge on any atom is 0.391 e. The van der Waals surface area contributed by atoms with Crippen LogP contribution in [-0.4, -0.2) is 83.6 Å². The van der Waals surface area contributed by atoms with E-state index in [1.165, 1.54) is 11.8 Å². The maximum atomic E-state index is 13.0. The first-order chi connectivity index (χ1) is 19.5. The quantitative estimate of drug-likeness (QED) is 0.319. The summed E-state index contributed by atoms with van der Waals surface area (Å²) in [4.78, 5) is 41.1. The van der Waals surface area contributed by atoms with Gasteiger partial charge in [0.1, 0.15) is 5.92 Å². The van der Waals surface area contributed by atoms with Gasteiger partial charge in [-0.1, -0.05) is 12.0 Å². The Bertz CT molecular complexity index is 1160. The molecule has 3 rings (SSSR count). The zero-order chi connectivity index (χ0) is 30.0. The van der Waals surface area contributed by atoms with Crippen LogP contribution in [0.3, 0.4) is 0 Å². The molecule has 41 heavy (non-hydrogen) atoms. The number of hydrogen-bond donors (Lipinski definition) is 3. The molecule has 9 nitrogen and oxygen atoms in total. The molecule has 2 saturated heterocycles. The molecule has 1 aromatic carbocycles. The van der Waals surface area contributed by atoms with Crippen LogP contribution in [0.15, 0.2) is 24.3 Å². The molecule has 3 unspecified atom stereocenters. The van der Waals surface area contributed by atoms with Crippen LogP contribution >= 0.6 is 11.8 Å². The van der Waals surface area contributed by atoms with Crippen molar-refractivity contribution in [1.29, 1.82) is 5.26 Å². The summed E-state index contributed by atoms with van der Waals surface area (Å²) in [5, 5.41) is 17.4. The Morgan fingerprint density at radius 2 is 1.95 bits per heavy atom. The van der Waals surface area contributed by atoms with E-state index in [2.05, 4.69) is 21.9 Å². The summed E-state index contributed by atoms with van der Waals surface area (Å²) in [5.41, 5.74) is 1.29. The first-order valence-corrected chi connectivity index (χ1v) is 14.5. The smallest absolute Gasteiger partial charge is 0.385 e. The summed E-state index contributed by atoms with van der Waals surface area (Å²) in [7, 11) is 0. The fourth-order valence-corrected chi connectivity index (χ4v) is 6.53. The molecule has 0 saturated carbocycles. The Morgan fingerprint density at radius 3 is 2.59 bits per heavy atom. The summed E-state index contributed by atoms with van der Waals surface area (Å²) in [6.07, 6.45) is 1.70. The average molecular weight is 593 g/mol. The van der Waals surface area contributed by atoms with E-state index in [0.717, 1.165) is 5.69 Å². The number of thioether (sulfide) groups is 1. The van der Waals surface area contributed by atoms with E-state index in [0.29, 0.717) is 25.2 Å². The van der Waals surface area contributed by atoms with Crippen molar-refractivity contribution < 1.29 is 27.6 Å². The minimum atomic E-state index is -4.19. The first kappa shape index (κ1) is 32.1. The minimum absolute atomic E-state index is 0.00449. The molecule has 2 aliphatic rings. The first-order valence-electron chi connectivity index (χ1n) is 13.5. The Balaban J connectivity index is 1.46. The van der Waals surface area contributed by atoms with Crippen LogP contribution in [0, 0.1) is 35.5 Å². The standard InChI is InChI=1S/C28H35F3N6O3S/c1-3-11-34-26(39)19(17-32)15-25-37(4-2)27(40)23(41-25)8-12-33-21-6-5-7-22(16-21)35-24(38)18-36-13-9-20(10-14-36)28(29,30)31/h1,5-7,16,19-20,23,25,33H,4,8-15,18H2,2H3,(H,34,39)(H,35,38). The summed E-state index contributed by atoms with van der Waals surface area (Å²) >= 11 is 1.44. The Hall–Kier alpha value is -3.42. The van der Waals surface area contributed by atoms with Crippen molar-refractivity contribution in [3.8, 4) is 18.4 Å². The number of carbonyl (C=O) groups is 3. The van der Waals surface area contributed by atoms with Gasteiger partial charge in [-0.25, -0.2) is 0 Å². The SMILES string of the molecule is C#CCNC(=O)C(C#N)CC1SC(CCNc2cccc(NC(=O)CN3CCC(C(F)(F)F)CC3)c2)C(=O)N1CC. The van der Waals surface area contributed by atoms with Crippen molar-refractivity contribution in [2.24, 2.45) is 11.8 Å². The van der Waals surface area contributed by atoms with Gasteiger partial charge >= 0.3 is 6.18 Å². The third-order valence-electron chi connectivity index (χ3n) is 7.14. The molecule has 13 heteroatoms. The number of terminal acetylenes is 1. The predicted molar refractivity (Wildman–Crippen MR) is 152 cm³/mol. The number of anilines is 2. The van der Waals surface area contributed by atoms with E-state index in [-0.39, 0.29) is 67.9 Å². The minimum Gasteiger partial charge on any atom is -0.385 e. The van der Waals surface area contributed by atoms with Gasteiger partial charge < -0.3 is 20.9 Å². The van der Waals surface area contributed by atoms with Crippen LogP contribution < -0.4 is 16.0 Å². The Kier molecular flexibility index (Phi) is 11.7.